The van der Waals surface area contributed by atoms with E-state index in [2.05, 4.69) is 29.4 Å². The lowest BCUT2D eigenvalue weighted by atomic mass is 9.92. The third-order valence-electron chi connectivity index (χ3n) is 5.33. The summed E-state index contributed by atoms with van der Waals surface area (Å²) in [6, 6.07) is 9.50. The molecule has 1 aliphatic rings. The number of fused-ring (bicyclic) bond motifs is 1. The molecular weight excluding hydrogens is 352 g/mol. The summed E-state index contributed by atoms with van der Waals surface area (Å²) in [5.41, 5.74) is 2.96. The molecule has 5 heteroatoms. The van der Waals surface area contributed by atoms with E-state index in [9.17, 15) is 14.4 Å². The maximum absolute atomic E-state index is 12.9. The molecule has 2 aromatic rings. The predicted molar refractivity (Wildman–Crippen MR) is 110 cm³/mol. The molecule has 1 aromatic heterocycles. The standard InChI is InChI=1S/C23H28N2O3/c1-4-6-15-9-11-16(12-10-15)21(14(2)3)25-23(28)18-13-17-19(24-22(18)27)7-5-8-20(17)26/h9-14,21H,4-8H2,1-3H3,(H,24,27)(H,25,28)/t21-/m0/s1. The molecule has 28 heavy (non-hydrogen) atoms. The van der Waals surface area contributed by atoms with Crippen molar-refractivity contribution >= 4 is 11.7 Å². The van der Waals surface area contributed by atoms with Crippen LogP contribution in [0.5, 0.6) is 0 Å². The maximum Gasteiger partial charge on any atom is 0.261 e. The molecule has 148 valence electrons. The number of rotatable bonds is 6. The molecule has 1 amide bonds. The number of H-pyrrole nitrogens is 1. The van der Waals surface area contributed by atoms with Crippen LogP contribution < -0.4 is 10.9 Å². The van der Waals surface area contributed by atoms with E-state index in [1.165, 1.54) is 11.6 Å². The number of Topliss-reactive ketones (excluding diaryl/α,β-unsaturated/α-hetero) is 1. The fourth-order valence-corrected chi connectivity index (χ4v) is 3.78. The summed E-state index contributed by atoms with van der Waals surface area (Å²) in [5.74, 6) is -0.309. The minimum atomic E-state index is -0.446. The minimum absolute atomic E-state index is 0.00209. The van der Waals surface area contributed by atoms with Crippen LogP contribution in [0.3, 0.4) is 0 Å². The maximum atomic E-state index is 12.9. The van der Waals surface area contributed by atoms with E-state index >= 15 is 0 Å². The summed E-state index contributed by atoms with van der Waals surface area (Å²) < 4.78 is 0. The Morgan fingerprint density at radius 1 is 1.14 bits per heavy atom. The number of hydrogen-bond acceptors (Lipinski definition) is 3. The zero-order chi connectivity index (χ0) is 20.3. The van der Waals surface area contributed by atoms with Crippen molar-refractivity contribution in [1.82, 2.24) is 10.3 Å². The van der Waals surface area contributed by atoms with Gasteiger partial charge in [-0.3, -0.25) is 14.4 Å². The lowest BCUT2D eigenvalue weighted by Gasteiger charge is -2.23. The number of amides is 1. The highest BCUT2D eigenvalue weighted by molar-refractivity contribution is 6.01. The highest BCUT2D eigenvalue weighted by Crippen LogP contribution is 2.24. The van der Waals surface area contributed by atoms with Crippen LogP contribution in [-0.2, 0) is 12.8 Å². The Labute approximate surface area is 165 Å². The molecule has 1 aromatic carbocycles. The molecule has 0 unspecified atom stereocenters. The Balaban J connectivity index is 1.86. The van der Waals surface area contributed by atoms with Gasteiger partial charge in [0.25, 0.3) is 11.5 Å². The van der Waals surface area contributed by atoms with Gasteiger partial charge in [-0.1, -0.05) is 51.5 Å². The van der Waals surface area contributed by atoms with Crippen molar-refractivity contribution in [1.29, 1.82) is 0 Å². The van der Waals surface area contributed by atoms with Crippen LogP contribution in [0, 0.1) is 5.92 Å². The smallest absolute Gasteiger partial charge is 0.261 e. The SMILES string of the molecule is CCCc1ccc([C@@H](NC(=O)c2cc3c([nH]c2=O)CCCC3=O)C(C)C)cc1. The summed E-state index contributed by atoms with van der Waals surface area (Å²) in [5, 5.41) is 2.99. The van der Waals surface area contributed by atoms with Crippen LogP contribution >= 0.6 is 0 Å². The number of hydrogen-bond donors (Lipinski definition) is 2. The third kappa shape index (κ3) is 4.24. The number of aryl methyl sites for hydroxylation is 2. The summed E-state index contributed by atoms with van der Waals surface area (Å²) in [4.78, 5) is 40.2. The monoisotopic (exact) mass is 380 g/mol. The lowest BCUT2D eigenvalue weighted by molar-refractivity contribution is 0.0924. The van der Waals surface area contributed by atoms with E-state index in [0.717, 1.165) is 24.8 Å². The summed E-state index contributed by atoms with van der Waals surface area (Å²) >= 11 is 0. The number of benzene rings is 1. The predicted octanol–water partition coefficient (Wildman–Crippen LogP) is 3.97. The van der Waals surface area contributed by atoms with E-state index in [-0.39, 0.29) is 23.3 Å². The third-order valence-corrected chi connectivity index (χ3v) is 5.33. The van der Waals surface area contributed by atoms with Gasteiger partial charge in [0, 0.05) is 17.7 Å². The van der Waals surface area contributed by atoms with Crippen LogP contribution in [-0.4, -0.2) is 16.7 Å². The Morgan fingerprint density at radius 2 is 1.86 bits per heavy atom. The number of ketones is 1. The molecule has 1 aliphatic carbocycles. The second-order valence-electron chi connectivity index (χ2n) is 7.87. The molecule has 0 spiro atoms. The molecule has 2 N–H and O–H groups in total. The fourth-order valence-electron chi connectivity index (χ4n) is 3.78. The Hall–Kier alpha value is -2.69. The quantitative estimate of drug-likeness (QED) is 0.796. The van der Waals surface area contributed by atoms with E-state index in [1.807, 2.05) is 26.0 Å². The number of nitrogens with one attached hydrogen (secondary N) is 2. The van der Waals surface area contributed by atoms with E-state index in [4.69, 9.17) is 0 Å². The highest BCUT2D eigenvalue weighted by Gasteiger charge is 2.24. The zero-order valence-corrected chi connectivity index (χ0v) is 16.8. The van der Waals surface area contributed by atoms with Gasteiger partial charge < -0.3 is 10.3 Å². The molecule has 0 bridgehead atoms. The molecule has 3 rings (SSSR count). The Bertz CT molecular complexity index is 926. The van der Waals surface area contributed by atoms with Crippen LogP contribution in [0.4, 0.5) is 0 Å². The van der Waals surface area contributed by atoms with Crippen molar-refractivity contribution in [2.45, 2.75) is 58.9 Å². The number of aromatic nitrogens is 1. The molecule has 1 atom stereocenters. The minimum Gasteiger partial charge on any atom is -0.345 e. The number of carbonyl (C=O) groups excluding carboxylic acids is 2. The van der Waals surface area contributed by atoms with Crippen LogP contribution in [0.15, 0.2) is 35.1 Å². The Kier molecular flexibility index (Phi) is 6.12. The van der Waals surface area contributed by atoms with Crippen molar-refractivity contribution in [2.75, 3.05) is 0 Å². The first kappa shape index (κ1) is 20.1. The molecule has 5 nitrogen and oxygen atoms in total. The molecule has 0 fully saturated rings. The topological polar surface area (TPSA) is 79.0 Å². The molecular formula is C23H28N2O3. The Morgan fingerprint density at radius 3 is 2.50 bits per heavy atom. The number of carbonyl (C=O) groups is 2. The molecule has 0 radical (unpaired) electrons. The van der Waals surface area contributed by atoms with Gasteiger partial charge in [-0.2, -0.15) is 0 Å². The average molecular weight is 380 g/mol. The van der Waals surface area contributed by atoms with Gasteiger partial charge in [0.05, 0.1) is 6.04 Å². The highest BCUT2D eigenvalue weighted by atomic mass is 16.2. The van der Waals surface area contributed by atoms with Crippen molar-refractivity contribution in [3.8, 4) is 0 Å². The second-order valence-corrected chi connectivity index (χ2v) is 7.87. The number of pyridine rings is 1. The number of aromatic amines is 1. The molecule has 0 saturated heterocycles. The van der Waals surface area contributed by atoms with Crippen LogP contribution in [0.1, 0.15) is 83.6 Å². The first-order chi connectivity index (χ1) is 13.4. The summed E-state index contributed by atoms with van der Waals surface area (Å²) in [6.07, 6.45) is 3.97. The summed E-state index contributed by atoms with van der Waals surface area (Å²) in [7, 11) is 0. The van der Waals surface area contributed by atoms with Crippen molar-refractivity contribution in [3.05, 3.63) is 68.6 Å². The van der Waals surface area contributed by atoms with Crippen molar-refractivity contribution in [3.63, 3.8) is 0 Å². The largest absolute Gasteiger partial charge is 0.345 e. The van der Waals surface area contributed by atoms with Gasteiger partial charge in [0.15, 0.2) is 5.78 Å². The van der Waals surface area contributed by atoms with Crippen LogP contribution in [0.25, 0.3) is 0 Å². The van der Waals surface area contributed by atoms with Crippen molar-refractivity contribution < 1.29 is 9.59 Å². The van der Waals surface area contributed by atoms with E-state index in [0.29, 0.717) is 24.1 Å². The zero-order valence-electron chi connectivity index (χ0n) is 16.8. The van der Waals surface area contributed by atoms with Gasteiger partial charge in [-0.25, -0.2) is 0 Å². The van der Waals surface area contributed by atoms with E-state index < -0.39 is 11.5 Å². The van der Waals surface area contributed by atoms with Gasteiger partial charge in [0.2, 0.25) is 0 Å². The van der Waals surface area contributed by atoms with Gasteiger partial charge in [0.1, 0.15) is 5.56 Å². The van der Waals surface area contributed by atoms with Gasteiger partial charge in [-0.15, -0.1) is 0 Å². The molecule has 0 aliphatic heterocycles. The molecule has 1 heterocycles. The molecule has 0 saturated carbocycles. The van der Waals surface area contributed by atoms with Gasteiger partial charge in [-0.05, 0) is 42.4 Å². The summed E-state index contributed by atoms with van der Waals surface area (Å²) in [6.45, 7) is 6.21. The normalized spacial score (nSPS) is 14.6. The fraction of sp³-hybridized carbons (Fsp3) is 0.435. The van der Waals surface area contributed by atoms with Crippen LogP contribution in [0.2, 0.25) is 0 Å². The lowest BCUT2D eigenvalue weighted by Crippen LogP contribution is -2.36. The van der Waals surface area contributed by atoms with Gasteiger partial charge >= 0.3 is 0 Å². The van der Waals surface area contributed by atoms with E-state index in [1.54, 1.807) is 0 Å². The average Bonchev–Trinajstić information content (AvgIpc) is 2.66. The van der Waals surface area contributed by atoms with Crippen molar-refractivity contribution in [2.24, 2.45) is 5.92 Å². The first-order valence-electron chi connectivity index (χ1n) is 10.1. The first-order valence-corrected chi connectivity index (χ1v) is 10.1. The second kappa shape index (κ2) is 8.55.